The number of nitrogens with zero attached hydrogens (tertiary/aromatic N) is 4. The normalized spacial score (nSPS) is 16.4. The van der Waals surface area contributed by atoms with Crippen LogP contribution in [0.4, 0.5) is 5.95 Å². The fourth-order valence-corrected chi connectivity index (χ4v) is 3.10. The molecule has 1 aliphatic rings. The number of tetrazole rings is 1. The van der Waals surface area contributed by atoms with E-state index in [1.807, 2.05) is 48.5 Å². The highest BCUT2D eigenvalue weighted by Gasteiger charge is 2.25. The summed E-state index contributed by atoms with van der Waals surface area (Å²) in [7, 11) is 0. The second kappa shape index (κ2) is 5.79. The van der Waals surface area contributed by atoms with Gasteiger partial charge in [0.15, 0.2) is 0 Å². The summed E-state index contributed by atoms with van der Waals surface area (Å²) in [5.41, 5.74) is 2.96. The average Bonchev–Trinajstić information content (AvgIpc) is 3.04. The summed E-state index contributed by atoms with van der Waals surface area (Å²) >= 11 is 9.82. The molecule has 0 amide bonds. The van der Waals surface area contributed by atoms with Crippen LogP contribution in [0, 0.1) is 0 Å². The monoisotopic (exact) mass is 387 g/mol. The predicted molar refractivity (Wildman–Crippen MR) is 93.1 cm³/mol. The lowest BCUT2D eigenvalue weighted by Crippen LogP contribution is -2.20. The zero-order valence-electron chi connectivity index (χ0n) is 11.8. The van der Waals surface area contributed by atoms with Crippen molar-refractivity contribution < 1.29 is 0 Å². The van der Waals surface area contributed by atoms with Crippen LogP contribution in [0.5, 0.6) is 0 Å². The number of halogens is 2. The highest BCUT2D eigenvalue weighted by atomic mass is 79.9. The van der Waals surface area contributed by atoms with Crippen molar-refractivity contribution in [1.82, 2.24) is 20.2 Å². The lowest BCUT2D eigenvalue weighted by Gasteiger charge is -2.24. The number of rotatable bonds is 2. The summed E-state index contributed by atoms with van der Waals surface area (Å²) in [6, 6.07) is 15.6. The molecule has 1 atom stereocenters. The maximum atomic E-state index is 6.37. The Morgan fingerprint density at radius 2 is 1.87 bits per heavy atom. The summed E-state index contributed by atoms with van der Waals surface area (Å²) in [6.07, 6.45) is 2.08. The van der Waals surface area contributed by atoms with E-state index in [0.29, 0.717) is 11.0 Å². The third kappa shape index (κ3) is 2.64. The minimum absolute atomic E-state index is 0.159. The van der Waals surface area contributed by atoms with Crippen LogP contribution < -0.4 is 5.32 Å². The maximum Gasteiger partial charge on any atom is 0.248 e. The Labute approximate surface area is 146 Å². The number of hydrogen-bond donors (Lipinski definition) is 1. The summed E-state index contributed by atoms with van der Waals surface area (Å²) in [6.45, 7) is 0. The van der Waals surface area contributed by atoms with Crippen LogP contribution in [-0.4, -0.2) is 20.2 Å². The van der Waals surface area contributed by atoms with E-state index in [0.717, 1.165) is 21.3 Å². The highest BCUT2D eigenvalue weighted by molar-refractivity contribution is 9.10. The fourth-order valence-electron chi connectivity index (χ4n) is 2.59. The molecular weight excluding hydrogens is 378 g/mol. The molecule has 7 heteroatoms. The van der Waals surface area contributed by atoms with Crippen LogP contribution in [0.25, 0.3) is 5.70 Å². The number of fused-ring (bicyclic) bond motifs is 1. The van der Waals surface area contributed by atoms with Crippen molar-refractivity contribution in [2.75, 3.05) is 5.32 Å². The van der Waals surface area contributed by atoms with E-state index < -0.39 is 0 Å². The van der Waals surface area contributed by atoms with Crippen molar-refractivity contribution in [3.63, 3.8) is 0 Å². The van der Waals surface area contributed by atoms with Gasteiger partial charge in [0.25, 0.3) is 0 Å². The standard InChI is InChI=1S/C16H11BrClN5/c17-11-7-5-10(6-8-11)14-9-15(12-3-1-2-4-13(12)18)23-16(19-14)20-21-22-23/h1-9,15H,(H,19,20,22)/t15-/m0/s1. The van der Waals surface area contributed by atoms with E-state index >= 15 is 0 Å². The molecule has 2 aromatic carbocycles. The molecule has 3 aromatic rings. The first kappa shape index (κ1) is 14.4. The van der Waals surface area contributed by atoms with Crippen molar-refractivity contribution in [3.05, 3.63) is 75.2 Å². The molecule has 0 radical (unpaired) electrons. The number of benzene rings is 2. The van der Waals surface area contributed by atoms with Gasteiger partial charge in [0.05, 0.1) is 0 Å². The molecule has 23 heavy (non-hydrogen) atoms. The molecule has 0 aliphatic carbocycles. The van der Waals surface area contributed by atoms with Gasteiger partial charge in [0.2, 0.25) is 5.95 Å². The van der Waals surface area contributed by atoms with E-state index in [1.54, 1.807) is 4.68 Å². The second-order valence-corrected chi connectivity index (χ2v) is 6.45. The number of hydrogen-bond acceptors (Lipinski definition) is 4. The Hall–Kier alpha value is -2.18. The van der Waals surface area contributed by atoms with Crippen LogP contribution in [0.15, 0.2) is 59.1 Å². The molecular formula is C16H11BrClN5. The molecule has 0 bridgehead atoms. The minimum atomic E-state index is -0.159. The van der Waals surface area contributed by atoms with E-state index in [9.17, 15) is 0 Å². The van der Waals surface area contributed by atoms with E-state index in [-0.39, 0.29) is 6.04 Å². The largest absolute Gasteiger partial charge is 0.323 e. The lowest BCUT2D eigenvalue weighted by molar-refractivity contribution is 0.586. The van der Waals surface area contributed by atoms with Gasteiger partial charge in [0.1, 0.15) is 6.04 Å². The van der Waals surface area contributed by atoms with Gasteiger partial charge in [-0.3, -0.25) is 0 Å². The molecule has 5 nitrogen and oxygen atoms in total. The molecule has 2 heterocycles. The van der Waals surface area contributed by atoms with Crippen molar-refractivity contribution in [3.8, 4) is 0 Å². The maximum absolute atomic E-state index is 6.37. The number of nitrogens with one attached hydrogen (secondary N) is 1. The second-order valence-electron chi connectivity index (χ2n) is 5.13. The van der Waals surface area contributed by atoms with Crippen LogP contribution in [0.2, 0.25) is 5.02 Å². The van der Waals surface area contributed by atoms with Crippen LogP contribution >= 0.6 is 27.5 Å². The molecule has 0 spiro atoms. The minimum Gasteiger partial charge on any atom is -0.323 e. The highest BCUT2D eigenvalue weighted by Crippen LogP contribution is 2.34. The topological polar surface area (TPSA) is 55.6 Å². The average molecular weight is 389 g/mol. The van der Waals surface area contributed by atoms with Gasteiger partial charge in [-0.15, -0.1) is 0 Å². The van der Waals surface area contributed by atoms with Gasteiger partial charge >= 0.3 is 0 Å². The van der Waals surface area contributed by atoms with Crippen molar-refractivity contribution in [1.29, 1.82) is 0 Å². The Kier molecular flexibility index (Phi) is 3.63. The van der Waals surface area contributed by atoms with Crippen LogP contribution in [0.3, 0.4) is 0 Å². The van der Waals surface area contributed by atoms with Crippen molar-refractivity contribution in [2.45, 2.75) is 6.04 Å². The Balaban J connectivity index is 1.83. The zero-order valence-corrected chi connectivity index (χ0v) is 14.2. The number of allylic oxidation sites excluding steroid dienone is 1. The molecule has 4 rings (SSSR count). The molecule has 1 aromatic heterocycles. The smallest absolute Gasteiger partial charge is 0.248 e. The molecule has 114 valence electrons. The summed E-state index contributed by atoms with van der Waals surface area (Å²) in [4.78, 5) is 0. The third-order valence-electron chi connectivity index (χ3n) is 3.71. The SMILES string of the molecule is Clc1ccccc1[C@@H]1C=C(c2ccc(Br)cc2)Nc2nnnn21. The van der Waals surface area contributed by atoms with E-state index in [4.69, 9.17) is 11.6 Å². The van der Waals surface area contributed by atoms with Gasteiger partial charge in [-0.05, 0) is 45.8 Å². The van der Waals surface area contributed by atoms with Gasteiger partial charge in [-0.1, -0.05) is 63.0 Å². The molecule has 0 fully saturated rings. The Morgan fingerprint density at radius 3 is 2.65 bits per heavy atom. The summed E-state index contributed by atoms with van der Waals surface area (Å²) in [5.74, 6) is 0.593. The first-order valence-electron chi connectivity index (χ1n) is 6.99. The van der Waals surface area contributed by atoms with Crippen molar-refractivity contribution in [2.24, 2.45) is 0 Å². The first-order chi connectivity index (χ1) is 11.2. The fraction of sp³-hybridized carbons (Fsp3) is 0.0625. The molecule has 0 unspecified atom stereocenters. The third-order valence-corrected chi connectivity index (χ3v) is 4.58. The first-order valence-corrected chi connectivity index (χ1v) is 8.16. The quantitative estimate of drug-likeness (QED) is 0.717. The van der Waals surface area contributed by atoms with E-state index in [2.05, 4.69) is 42.8 Å². The van der Waals surface area contributed by atoms with Gasteiger partial charge in [0, 0.05) is 15.2 Å². The molecule has 0 saturated carbocycles. The van der Waals surface area contributed by atoms with Crippen LogP contribution in [-0.2, 0) is 0 Å². The molecule has 1 N–H and O–H groups in total. The Morgan fingerprint density at radius 1 is 1.09 bits per heavy atom. The van der Waals surface area contributed by atoms with E-state index in [1.165, 1.54) is 0 Å². The summed E-state index contributed by atoms with van der Waals surface area (Å²) in [5, 5.41) is 15.9. The zero-order chi connectivity index (χ0) is 15.8. The molecule has 0 saturated heterocycles. The van der Waals surface area contributed by atoms with Gasteiger partial charge in [-0.25, -0.2) is 0 Å². The van der Waals surface area contributed by atoms with Crippen LogP contribution in [0.1, 0.15) is 17.2 Å². The molecule has 1 aliphatic heterocycles. The van der Waals surface area contributed by atoms with Crippen molar-refractivity contribution >= 4 is 39.2 Å². The predicted octanol–water partition coefficient (Wildman–Crippen LogP) is 4.15. The van der Waals surface area contributed by atoms with Gasteiger partial charge in [-0.2, -0.15) is 4.68 Å². The Bertz CT molecular complexity index is 887. The summed E-state index contributed by atoms with van der Waals surface area (Å²) < 4.78 is 2.76. The van der Waals surface area contributed by atoms with Gasteiger partial charge < -0.3 is 5.32 Å². The lowest BCUT2D eigenvalue weighted by atomic mass is 10.0. The number of aromatic nitrogens is 4. The number of anilines is 1.